The molecule has 202 valence electrons. The van der Waals surface area contributed by atoms with Gasteiger partial charge in [0, 0.05) is 17.0 Å². The number of hydrogen-bond donors (Lipinski definition) is 2. The first-order valence-electron chi connectivity index (χ1n) is 11.7. The first kappa shape index (κ1) is 31.8. The molecule has 0 bridgehead atoms. The number of anilines is 1. The number of nitrogens with zero attached hydrogens (tertiary/aromatic N) is 2. The van der Waals surface area contributed by atoms with Crippen LogP contribution >= 0.6 is 23.2 Å². The molecular weight excluding hydrogens is 588 g/mol. The molecule has 0 aromatic heterocycles. The van der Waals surface area contributed by atoms with Crippen molar-refractivity contribution >= 4 is 67.1 Å². The van der Waals surface area contributed by atoms with Crippen LogP contribution in [0.4, 0.5) is 17.1 Å². The van der Waals surface area contributed by atoms with Gasteiger partial charge >= 0.3 is 29.6 Å². The maximum absolute atomic E-state index is 13.5. The van der Waals surface area contributed by atoms with Crippen molar-refractivity contribution in [2.45, 2.75) is 25.2 Å². The molecule has 40 heavy (non-hydrogen) atoms. The Bertz CT molecular complexity index is 1730. The van der Waals surface area contributed by atoms with E-state index in [0.29, 0.717) is 28.7 Å². The topological polar surface area (TPSA) is 140 Å². The minimum Gasteiger partial charge on any atom is -0.870 e. The van der Waals surface area contributed by atoms with Crippen molar-refractivity contribution in [3.05, 3.63) is 81.8 Å². The Morgan fingerprint density at radius 3 is 2.45 bits per heavy atom. The van der Waals surface area contributed by atoms with Crippen molar-refractivity contribution in [2.75, 3.05) is 11.9 Å². The van der Waals surface area contributed by atoms with Crippen LogP contribution in [0.15, 0.2) is 75.8 Å². The van der Waals surface area contributed by atoms with Crippen LogP contribution in [-0.4, -0.2) is 25.5 Å². The Kier molecular flexibility index (Phi) is 10.6. The first-order valence-corrected chi connectivity index (χ1v) is 13.9. The molecule has 2 N–H and O–H groups in total. The monoisotopic (exact) mass is 609 g/mol. The van der Waals surface area contributed by atoms with Gasteiger partial charge in [-0.2, -0.15) is 18.6 Å². The number of azo groups is 1. The molecular formula is C27H22Cl2N3NaO6S. The summed E-state index contributed by atoms with van der Waals surface area (Å²) in [5.74, 6) is -0.878. The minimum atomic E-state index is -4.55. The second kappa shape index (κ2) is 13.3. The molecule has 0 saturated carbocycles. The zero-order valence-corrected chi connectivity index (χ0v) is 26.1. The minimum absolute atomic E-state index is 0. The molecule has 0 saturated heterocycles. The second-order valence-corrected chi connectivity index (χ2v) is 10.4. The normalized spacial score (nSPS) is 11.4. The Balaban J connectivity index is 0.00000441. The number of ether oxygens (including phenoxy) is 1. The summed E-state index contributed by atoms with van der Waals surface area (Å²) < 4.78 is 38.2. The molecule has 0 radical (unpaired) electrons. The maximum atomic E-state index is 13.5. The van der Waals surface area contributed by atoms with Gasteiger partial charge in [0.2, 0.25) is 0 Å². The van der Waals surface area contributed by atoms with Crippen LogP contribution in [0.2, 0.25) is 10.0 Å². The van der Waals surface area contributed by atoms with Crippen LogP contribution in [0.5, 0.6) is 11.5 Å². The summed E-state index contributed by atoms with van der Waals surface area (Å²) in [6, 6.07) is 15.5. The molecule has 0 heterocycles. The van der Waals surface area contributed by atoms with Crippen LogP contribution in [0.1, 0.15) is 29.8 Å². The van der Waals surface area contributed by atoms with Crippen molar-refractivity contribution in [3.8, 4) is 11.5 Å². The van der Waals surface area contributed by atoms with Crippen LogP contribution in [0.25, 0.3) is 10.8 Å². The number of hydrogen-bond acceptors (Lipinski definition) is 7. The number of carbonyl (C=O) groups is 1. The molecule has 4 rings (SSSR count). The summed E-state index contributed by atoms with van der Waals surface area (Å²) in [5, 5.41) is 25.6. The van der Waals surface area contributed by atoms with E-state index < -0.39 is 26.7 Å². The van der Waals surface area contributed by atoms with Gasteiger partial charge in [0.1, 0.15) is 10.6 Å². The van der Waals surface area contributed by atoms with E-state index in [4.69, 9.17) is 27.9 Å². The molecule has 4 aromatic rings. The Morgan fingerprint density at radius 1 is 1.05 bits per heavy atom. The van der Waals surface area contributed by atoms with Gasteiger partial charge in [-0.25, -0.2) is 0 Å². The molecule has 0 spiro atoms. The van der Waals surface area contributed by atoms with E-state index in [2.05, 4.69) is 15.5 Å². The van der Waals surface area contributed by atoms with Crippen molar-refractivity contribution in [1.29, 1.82) is 0 Å². The smallest absolute Gasteiger partial charge is 0.870 e. The molecule has 0 aliphatic rings. The Labute approximate surface area is 263 Å². The SMILES string of the molecule is CCOc1ccc(Cl)c(NC(=O)c2cc3ccccc3c(N=Nc3ccc(S(=O)(=O)O)c(Cl)c3CC)c2[O-])c1.[Na+]. The van der Waals surface area contributed by atoms with Gasteiger partial charge in [0.05, 0.1) is 33.7 Å². The number of benzene rings is 4. The van der Waals surface area contributed by atoms with E-state index in [1.807, 2.05) is 6.92 Å². The molecule has 1 amide bonds. The van der Waals surface area contributed by atoms with Gasteiger partial charge in [-0.3, -0.25) is 9.35 Å². The van der Waals surface area contributed by atoms with E-state index in [1.54, 1.807) is 49.4 Å². The molecule has 0 unspecified atom stereocenters. The average molecular weight is 610 g/mol. The van der Waals surface area contributed by atoms with Gasteiger partial charge in [0.25, 0.3) is 16.0 Å². The van der Waals surface area contributed by atoms with Crippen LogP contribution in [-0.2, 0) is 16.5 Å². The van der Waals surface area contributed by atoms with Gasteiger partial charge < -0.3 is 15.2 Å². The number of nitrogens with one attached hydrogen (secondary N) is 1. The number of amides is 1. The largest absolute Gasteiger partial charge is 1.00 e. The van der Waals surface area contributed by atoms with E-state index >= 15 is 0 Å². The third kappa shape index (κ3) is 6.77. The van der Waals surface area contributed by atoms with Gasteiger partial charge in [-0.1, -0.05) is 60.1 Å². The first-order chi connectivity index (χ1) is 18.5. The fourth-order valence-electron chi connectivity index (χ4n) is 3.95. The Morgan fingerprint density at radius 2 is 1.77 bits per heavy atom. The predicted molar refractivity (Wildman–Crippen MR) is 149 cm³/mol. The molecule has 0 aliphatic heterocycles. The Hall–Kier alpha value is -2.70. The van der Waals surface area contributed by atoms with Crippen molar-refractivity contribution in [3.63, 3.8) is 0 Å². The summed E-state index contributed by atoms with van der Waals surface area (Å²) >= 11 is 12.5. The van der Waals surface area contributed by atoms with Crippen LogP contribution < -0.4 is 44.7 Å². The molecule has 4 aromatic carbocycles. The standard InChI is InChI=1S/C27H23Cl2N3O6S.Na/c1-3-17-21(11-12-23(24(17)29)39(35,36)37)31-32-25-18-8-6-5-7-15(18)13-19(26(25)33)27(34)30-22-14-16(38-4-2)9-10-20(22)28;/h5-14,33H,3-4H2,1-2H3,(H,30,34)(H,35,36,37);/q;+1/p-1. The fraction of sp³-hybridized carbons (Fsp3) is 0.148. The predicted octanol–water partition coefficient (Wildman–Crippen LogP) is 4.10. The number of carbonyl (C=O) groups excluding carboxylic acids is 1. The summed E-state index contributed by atoms with van der Waals surface area (Å²) in [4.78, 5) is 12.8. The zero-order chi connectivity index (χ0) is 28.3. The summed E-state index contributed by atoms with van der Waals surface area (Å²) in [6.45, 7) is 3.96. The maximum Gasteiger partial charge on any atom is 1.00 e. The van der Waals surface area contributed by atoms with Gasteiger partial charge in [-0.15, -0.1) is 0 Å². The van der Waals surface area contributed by atoms with Crippen molar-refractivity contribution in [2.24, 2.45) is 10.2 Å². The average Bonchev–Trinajstić information content (AvgIpc) is 2.89. The van der Waals surface area contributed by atoms with Crippen LogP contribution in [0.3, 0.4) is 0 Å². The molecule has 0 fully saturated rings. The summed E-state index contributed by atoms with van der Waals surface area (Å²) in [6.07, 6.45) is 0.269. The van der Waals surface area contributed by atoms with Crippen molar-refractivity contribution < 1.29 is 57.2 Å². The quantitative estimate of drug-likeness (QED) is 0.175. The summed E-state index contributed by atoms with van der Waals surface area (Å²) in [5.41, 5.74) is 0.503. The van der Waals surface area contributed by atoms with Gasteiger partial charge in [0.15, 0.2) is 0 Å². The van der Waals surface area contributed by atoms with E-state index in [0.717, 1.165) is 6.07 Å². The van der Waals surface area contributed by atoms with Crippen LogP contribution in [0, 0.1) is 0 Å². The second-order valence-electron chi connectivity index (χ2n) is 8.26. The number of halogens is 2. The van der Waals surface area contributed by atoms with E-state index in [9.17, 15) is 22.9 Å². The number of fused-ring (bicyclic) bond motifs is 1. The fourth-order valence-corrected chi connectivity index (χ4v) is 5.29. The third-order valence-corrected chi connectivity index (χ3v) is 7.56. The van der Waals surface area contributed by atoms with Crippen molar-refractivity contribution in [1.82, 2.24) is 0 Å². The zero-order valence-electron chi connectivity index (χ0n) is 21.7. The molecule has 0 atom stereocenters. The molecule has 9 nitrogen and oxygen atoms in total. The summed E-state index contributed by atoms with van der Waals surface area (Å²) in [7, 11) is -4.55. The van der Waals surface area contributed by atoms with Gasteiger partial charge in [-0.05, 0) is 54.6 Å². The molecule has 13 heteroatoms. The molecule has 0 aliphatic carbocycles. The van der Waals surface area contributed by atoms with E-state index in [-0.39, 0.29) is 68.6 Å². The third-order valence-electron chi connectivity index (χ3n) is 5.79. The number of rotatable bonds is 8. The van der Waals surface area contributed by atoms with E-state index in [1.165, 1.54) is 12.1 Å².